The van der Waals surface area contributed by atoms with E-state index in [2.05, 4.69) is 160 Å². The summed E-state index contributed by atoms with van der Waals surface area (Å²) in [6.07, 6.45) is 11.5. The SMILES string of the molecule is Cc1cc(C)c(B(c2[c-]c(-c3nc([C@@H]4C=CC=CC4)c(-c4ccccc4)n3C)ccc2)c2[c-]c(N3[CH-]N(c4ccccc4)C=N3)ccc2)c(C)c1.[Pt]. The van der Waals surface area contributed by atoms with Crippen molar-refractivity contribution in [1.29, 1.82) is 0 Å². The molecule has 0 N–H and O–H groups in total. The molecular formula is C45H39BN5Pt-3. The Morgan fingerprint density at radius 2 is 1.48 bits per heavy atom. The fraction of sp³-hybridized carbons (Fsp3) is 0.133. The van der Waals surface area contributed by atoms with E-state index in [-0.39, 0.29) is 33.7 Å². The summed E-state index contributed by atoms with van der Waals surface area (Å²) < 4.78 is 2.25. The summed E-state index contributed by atoms with van der Waals surface area (Å²) >= 11 is 0. The van der Waals surface area contributed by atoms with E-state index in [4.69, 9.17) is 10.1 Å². The normalized spacial score (nSPS) is 14.9. The van der Waals surface area contributed by atoms with Crippen LogP contribution >= 0.6 is 0 Å². The molecule has 0 saturated carbocycles. The molecule has 0 unspecified atom stereocenters. The summed E-state index contributed by atoms with van der Waals surface area (Å²) in [6.45, 7) is 8.49. The molecule has 52 heavy (non-hydrogen) atoms. The van der Waals surface area contributed by atoms with E-state index in [1.54, 1.807) is 0 Å². The second kappa shape index (κ2) is 15.2. The second-order valence-electron chi connectivity index (χ2n) is 13.4. The molecule has 5 aromatic carbocycles. The van der Waals surface area contributed by atoms with Crippen molar-refractivity contribution in [3.63, 3.8) is 0 Å². The van der Waals surface area contributed by atoms with E-state index in [1.165, 1.54) is 22.2 Å². The van der Waals surface area contributed by atoms with Gasteiger partial charge in [-0.15, -0.1) is 42.6 Å². The number of hydrogen-bond acceptors (Lipinski definition) is 4. The van der Waals surface area contributed by atoms with E-state index in [1.807, 2.05) is 41.1 Å². The molecule has 2 aliphatic rings. The molecule has 1 aliphatic carbocycles. The summed E-state index contributed by atoms with van der Waals surface area (Å²) in [7, 11) is 2.13. The Morgan fingerprint density at radius 3 is 2.19 bits per heavy atom. The van der Waals surface area contributed by atoms with Crippen LogP contribution in [0.1, 0.15) is 34.7 Å². The van der Waals surface area contributed by atoms with Gasteiger partial charge in [-0.3, -0.25) is 4.98 Å². The smallest absolute Gasteiger partial charge is 0.198 e. The molecule has 5 nitrogen and oxygen atoms in total. The first-order chi connectivity index (χ1) is 24.9. The molecule has 7 heteroatoms. The van der Waals surface area contributed by atoms with Crippen molar-refractivity contribution in [3.8, 4) is 22.6 Å². The van der Waals surface area contributed by atoms with Crippen LogP contribution in [0.3, 0.4) is 0 Å². The molecule has 0 radical (unpaired) electrons. The summed E-state index contributed by atoms with van der Waals surface area (Å²) in [4.78, 5) is 7.40. The molecule has 0 saturated heterocycles. The third-order valence-corrected chi connectivity index (χ3v) is 9.85. The molecule has 8 rings (SSSR count). The minimum atomic E-state index is -0.109. The van der Waals surface area contributed by atoms with Gasteiger partial charge >= 0.3 is 0 Å². The Hall–Kier alpha value is -5.19. The summed E-state index contributed by atoms with van der Waals surface area (Å²) in [5, 5.41) is 6.60. The molecule has 0 fully saturated rings. The van der Waals surface area contributed by atoms with Gasteiger partial charge in [-0.05, 0) is 44.9 Å². The molecule has 260 valence electrons. The first-order valence-corrected chi connectivity index (χ1v) is 17.5. The van der Waals surface area contributed by atoms with Crippen molar-refractivity contribution < 1.29 is 21.1 Å². The minimum Gasteiger partial charge on any atom is -0.463 e. The van der Waals surface area contributed by atoms with Crippen LogP contribution in [0.4, 0.5) is 11.4 Å². The Bertz CT molecular complexity index is 2270. The second-order valence-corrected chi connectivity index (χ2v) is 13.4. The average molecular weight is 856 g/mol. The predicted octanol–water partition coefficient (Wildman–Crippen LogP) is 7.78. The molecule has 1 atom stereocenters. The van der Waals surface area contributed by atoms with Crippen LogP contribution in [0, 0.1) is 39.6 Å². The van der Waals surface area contributed by atoms with Crippen LogP contribution in [-0.4, -0.2) is 22.6 Å². The Kier molecular flexibility index (Phi) is 10.3. The van der Waals surface area contributed by atoms with Crippen molar-refractivity contribution in [3.05, 3.63) is 175 Å². The van der Waals surface area contributed by atoms with Crippen LogP contribution in [0.15, 0.2) is 139 Å². The van der Waals surface area contributed by atoms with Gasteiger partial charge in [0.25, 0.3) is 0 Å². The van der Waals surface area contributed by atoms with Crippen LogP contribution < -0.4 is 26.3 Å². The number of hydrogen-bond donors (Lipinski definition) is 0. The number of nitrogens with zero attached hydrogens (tertiary/aromatic N) is 5. The summed E-state index contributed by atoms with van der Waals surface area (Å²) in [6, 6.07) is 45.9. The maximum atomic E-state index is 5.38. The van der Waals surface area contributed by atoms with Gasteiger partial charge in [0.1, 0.15) is 0 Å². The van der Waals surface area contributed by atoms with Crippen LogP contribution in [-0.2, 0) is 28.1 Å². The van der Waals surface area contributed by atoms with Gasteiger partial charge in [-0.2, -0.15) is 34.2 Å². The van der Waals surface area contributed by atoms with Crippen molar-refractivity contribution >= 4 is 40.8 Å². The zero-order valence-electron chi connectivity index (χ0n) is 29.8. The first kappa shape index (κ1) is 35.2. The molecule has 1 aromatic heterocycles. The van der Waals surface area contributed by atoms with Gasteiger partial charge in [0.05, 0.1) is 23.6 Å². The average Bonchev–Trinajstić information content (AvgIpc) is 3.80. The van der Waals surface area contributed by atoms with E-state index in [0.717, 1.165) is 57.1 Å². The van der Waals surface area contributed by atoms with Crippen LogP contribution in [0.2, 0.25) is 0 Å². The maximum absolute atomic E-state index is 5.38. The van der Waals surface area contributed by atoms with Gasteiger partial charge in [0.2, 0.25) is 0 Å². The van der Waals surface area contributed by atoms with Gasteiger partial charge in [0.15, 0.2) is 6.71 Å². The number of aromatic nitrogens is 2. The number of anilines is 2. The fourth-order valence-corrected chi connectivity index (χ4v) is 7.57. The van der Waals surface area contributed by atoms with Crippen molar-refractivity contribution in [2.24, 2.45) is 12.1 Å². The van der Waals surface area contributed by atoms with E-state index in [0.29, 0.717) is 0 Å². The summed E-state index contributed by atoms with van der Waals surface area (Å²) in [5.41, 5.74) is 13.4. The number of allylic oxidation sites excluding steroid dienone is 4. The number of hydrazone groups is 1. The third kappa shape index (κ3) is 6.88. The van der Waals surface area contributed by atoms with Gasteiger partial charge < -0.3 is 14.5 Å². The largest absolute Gasteiger partial charge is 0.463 e. The first-order valence-electron chi connectivity index (χ1n) is 17.5. The predicted molar refractivity (Wildman–Crippen MR) is 213 cm³/mol. The van der Waals surface area contributed by atoms with E-state index in [9.17, 15) is 0 Å². The number of rotatable bonds is 8. The number of aryl methyl sites for hydroxylation is 3. The quantitative estimate of drug-likeness (QED) is 0.116. The number of imidazole rings is 1. The van der Waals surface area contributed by atoms with E-state index < -0.39 is 0 Å². The van der Waals surface area contributed by atoms with E-state index >= 15 is 0 Å². The Balaban J connectivity index is 0.00000420. The monoisotopic (exact) mass is 855 g/mol. The Labute approximate surface area is 322 Å². The number of benzene rings is 5. The molecule has 6 aromatic rings. The molecule has 1 aliphatic heterocycles. The van der Waals surface area contributed by atoms with Gasteiger partial charge in [-0.1, -0.05) is 113 Å². The standard InChI is InChI=1S/C45H39BN5.Pt/c1-32-26-33(2)42(34(3)27-32)46(39-22-15-25-41(29-39)51-31-50(30-47-51)40-23-12-7-13-24-40)38-21-14-20-37(28-38)45-48-43(35-16-8-5-9-17-35)44(49(45)4)36-18-10-6-11-19-36;/h5-16,18-27,30-31,35H,17H2,1-4H3;/q-3;/t35-;/m1./s1. The Morgan fingerprint density at radius 1 is 0.788 bits per heavy atom. The third-order valence-electron chi connectivity index (χ3n) is 9.85. The molecule has 0 spiro atoms. The van der Waals surface area contributed by atoms with Gasteiger partial charge in [0, 0.05) is 39.7 Å². The number of para-hydroxylation sites is 1. The fourth-order valence-electron chi connectivity index (χ4n) is 7.57. The molecule has 0 amide bonds. The van der Waals surface area contributed by atoms with Crippen molar-refractivity contribution in [2.45, 2.75) is 33.1 Å². The molecule has 2 heterocycles. The zero-order valence-corrected chi connectivity index (χ0v) is 32.0. The van der Waals surface area contributed by atoms with Crippen LogP contribution in [0.5, 0.6) is 0 Å². The van der Waals surface area contributed by atoms with Gasteiger partial charge in [-0.25, -0.2) is 0 Å². The molecular weight excluding hydrogens is 816 g/mol. The topological polar surface area (TPSA) is 36.7 Å². The molecule has 0 bridgehead atoms. The summed E-state index contributed by atoms with van der Waals surface area (Å²) in [5.74, 6) is 1.11. The van der Waals surface area contributed by atoms with Crippen molar-refractivity contribution in [2.75, 3.05) is 9.91 Å². The van der Waals surface area contributed by atoms with Crippen LogP contribution in [0.25, 0.3) is 22.6 Å². The minimum absolute atomic E-state index is 0. The van der Waals surface area contributed by atoms with Crippen molar-refractivity contribution in [1.82, 2.24) is 9.55 Å². The maximum Gasteiger partial charge on any atom is 0.198 e. The zero-order chi connectivity index (χ0) is 34.9.